The fraction of sp³-hybridized carbons (Fsp3) is 0.429. The summed E-state index contributed by atoms with van der Waals surface area (Å²) in [5.74, 6) is -1.76. The van der Waals surface area contributed by atoms with Gasteiger partial charge in [0.25, 0.3) is 0 Å². The summed E-state index contributed by atoms with van der Waals surface area (Å²) in [6.45, 7) is 5.68. The molecule has 1 rings (SSSR count). The zero-order valence-corrected chi connectivity index (χ0v) is 13.8. The highest BCUT2D eigenvalue weighted by Gasteiger charge is 2.41. The number of benzene rings is 1. The van der Waals surface area contributed by atoms with Gasteiger partial charge in [-0.1, -0.05) is 36.1 Å². The maximum atomic E-state index is 12.1. The van der Waals surface area contributed by atoms with Crippen molar-refractivity contribution in [2.45, 2.75) is 25.8 Å². The molecule has 0 fully saturated rings. The van der Waals surface area contributed by atoms with Crippen LogP contribution in [0.3, 0.4) is 0 Å². The second-order valence-corrected chi connectivity index (χ2v) is 5.87. The number of ether oxygens (including phenoxy) is 1. The van der Waals surface area contributed by atoms with Crippen LogP contribution in [0.5, 0.6) is 5.75 Å². The van der Waals surface area contributed by atoms with Crippen molar-refractivity contribution in [1.29, 1.82) is 0 Å². The molecule has 0 atom stereocenters. The molecule has 0 aliphatic rings. The Morgan fingerprint density at radius 3 is 2.23 bits per heavy atom. The first-order chi connectivity index (χ1) is 10.3. The number of nitrogens with zero attached hydrogens (tertiary/aromatic N) is 1. The molecule has 0 saturated heterocycles. The third kappa shape index (κ3) is 5.84. The van der Waals surface area contributed by atoms with Gasteiger partial charge in [-0.3, -0.25) is 0 Å². The highest BCUT2D eigenvalue weighted by atomic mass is 32.2. The molecule has 0 bridgehead atoms. The van der Waals surface area contributed by atoms with E-state index in [-0.39, 0.29) is 5.75 Å². The van der Waals surface area contributed by atoms with Crippen LogP contribution in [0.25, 0.3) is 0 Å². The van der Waals surface area contributed by atoms with Gasteiger partial charge in [0.05, 0.1) is 0 Å². The van der Waals surface area contributed by atoms with Gasteiger partial charge in [-0.05, 0) is 31.5 Å². The lowest BCUT2D eigenvalue weighted by Gasteiger charge is -2.20. The minimum Gasteiger partial charge on any atom is -0.420 e. The van der Waals surface area contributed by atoms with E-state index in [1.807, 2.05) is 18.7 Å². The van der Waals surface area contributed by atoms with Crippen LogP contribution in [0.15, 0.2) is 24.3 Å². The molecule has 1 aromatic rings. The second kappa shape index (κ2) is 8.38. The third-order valence-electron chi connectivity index (χ3n) is 2.75. The fourth-order valence-corrected chi connectivity index (χ4v) is 2.90. The van der Waals surface area contributed by atoms with Gasteiger partial charge < -0.3 is 9.64 Å². The van der Waals surface area contributed by atoms with Crippen molar-refractivity contribution < 1.29 is 22.7 Å². The summed E-state index contributed by atoms with van der Waals surface area (Å²) >= 11 is 6.77. The molecule has 0 radical (unpaired) electrons. The number of hydrogen-bond donors (Lipinski definition) is 0. The summed E-state index contributed by atoms with van der Waals surface area (Å²) < 4.78 is 41.2. The summed E-state index contributed by atoms with van der Waals surface area (Å²) in [5.41, 5.74) is 0.881. The van der Waals surface area contributed by atoms with Crippen LogP contribution < -0.4 is 4.74 Å². The summed E-state index contributed by atoms with van der Waals surface area (Å²) in [7, 11) is 0. The molecule has 22 heavy (non-hydrogen) atoms. The Balaban J connectivity index is 2.55. The molecule has 0 saturated carbocycles. The van der Waals surface area contributed by atoms with Gasteiger partial charge in [0.15, 0.2) is 0 Å². The first-order valence-electron chi connectivity index (χ1n) is 6.57. The molecule has 0 heterocycles. The minimum absolute atomic E-state index is 0.137. The SMILES string of the molecule is CCN(CC)C(=S)SCc1ccc(OC(=O)C(F)(F)F)cc1. The zero-order valence-electron chi connectivity index (χ0n) is 12.1. The molecular formula is C14H16F3NO2S2. The van der Waals surface area contributed by atoms with E-state index >= 15 is 0 Å². The predicted molar refractivity (Wildman–Crippen MR) is 84.9 cm³/mol. The summed E-state index contributed by atoms with van der Waals surface area (Å²) in [4.78, 5) is 12.7. The van der Waals surface area contributed by atoms with Gasteiger partial charge in [0.2, 0.25) is 0 Å². The van der Waals surface area contributed by atoms with Crippen molar-refractivity contribution in [2.24, 2.45) is 0 Å². The minimum atomic E-state index is -5.00. The van der Waals surface area contributed by atoms with Gasteiger partial charge in [-0.15, -0.1) is 0 Å². The highest BCUT2D eigenvalue weighted by Crippen LogP contribution is 2.22. The Morgan fingerprint density at radius 2 is 1.77 bits per heavy atom. The van der Waals surface area contributed by atoms with Gasteiger partial charge in [0, 0.05) is 18.8 Å². The van der Waals surface area contributed by atoms with Crippen molar-refractivity contribution in [3.8, 4) is 5.75 Å². The van der Waals surface area contributed by atoms with Gasteiger partial charge >= 0.3 is 12.1 Å². The number of esters is 1. The van der Waals surface area contributed by atoms with E-state index in [4.69, 9.17) is 12.2 Å². The number of hydrogen-bond acceptors (Lipinski definition) is 4. The van der Waals surface area contributed by atoms with Crippen molar-refractivity contribution >= 4 is 34.3 Å². The maximum Gasteiger partial charge on any atom is 0.491 e. The van der Waals surface area contributed by atoms with Gasteiger partial charge in [0.1, 0.15) is 10.1 Å². The molecule has 0 spiro atoms. The zero-order chi connectivity index (χ0) is 16.8. The molecular weight excluding hydrogens is 335 g/mol. The van der Waals surface area contributed by atoms with E-state index in [0.717, 1.165) is 23.0 Å². The summed E-state index contributed by atoms with van der Waals surface area (Å²) in [6, 6.07) is 5.88. The Morgan fingerprint density at radius 1 is 1.23 bits per heavy atom. The topological polar surface area (TPSA) is 29.5 Å². The van der Waals surface area contributed by atoms with E-state index in [9.17, 15) is 18.0 Å². The molecule has 8 heteroatoms. The van der Waals surface area contributed by atoms with Crippen LogP contribution in [-0.2, 0) is 10.5 Å². The molecule has 122 valence electrons. The molecule has 3 nitrogen and oxygen atoms in total. The number of rotatable bonds is 5. The van der Waals surface area contributed by atoms with Crippen molar-refractivity contribution in [1.82, 2.24) is 4.90 Å². The lowest BCUT2D eigenvalue weighted by molar-refractivity contribution is -0.189. The Labute approximate surface area is 136 Å². The molecule has 0 aliphatic carbocycles. The summed E-state index contributed by atoms with van der Waals surface area (Å²) in [6.07, 6.45) is -5.00. The molecule has 0 unspecified atom stereocenters. The summed E-state index contributed by atoms with van der Waals surface area (Å²) in [5, 5.41) is 0. The lowest BCUT2D eigenvalue weighted by Crippen LogP contribution is -2.27. The van der Waals surface area contributed by atoms with E-state index < -0.39 is 12.1 Å². The monoisotopic (exact) mass is 351 g/mol. The first kappa shape index (κ1) is 18.8. The standard InChI is InChI=1S/C14H16F3NO2S2/c1-3-18(4-2)13(21)22-9-10-5-7-11(8-6-10)20-12(19)14(15,16)17/h5-8H,3-4,9H2,1-2H3. The molecule has 1 aromatic carbocycles. The number of carbonyl (C=O) groups excluding carboxylic acids is 1. The molecule has 0 aromatic heterocycles. The largest absolute Gasteiger partial charge is 0.491 e. The Kier molecular flexibility index (Phi) is 7.15. The average Bonchev–Trinajstić information content (AvgIpc) is 2.46. The molecule has 0 amide bonds. The van der Waals surface area contributed by atoms with Gasteiger partial charge in [-0.2, -0.15) is 13.2 Å². The van der Waals surface area contributed by atoms with Crippen molar-refractivity contribution in [3.63, 3.8) is 0 Å². The van der Waals surface area contributed by atoms with Gasteiger partial charge in [-0.25, -0.2) is 4.79 Å². The highest BCUT2D eigenvalue weighted by molar-refractivity contribution is 8.22. The predicted octanol–water partition coefficient (Wildman–Crippen LogP) is 4.01. The third-order valence-corrected chi connectivity index (χ3v) is 4.34. The Bertz CT molecular complexity index is 514. The fourth-order valence-electron chi connectivity index (χ4n) is 1.54. The number of halogens is 3. The van der Waals surface area contributed by atoms with Crippen molar-refractivity contribution in [2.75, 3.05) is 13.1 Å². The van der Waals surface area contributed by atoms with E-state index in [1.54, 1.807) is 12.1 Å². The quantitative estimate of drug-likeness (QED) is 0.454. The number of alkyl halides is 3. The lowest BCUT2D eigenvalue weighted by atomic mass is 10.2. The van der Waals surface area contributed by atoms with Crippen LogP contribution >= 0.6 is 24.0 Å². The van der Waals surface area contributed by atoms with Crippen LogP contribution in [0.1, 0.15) is 19.4 Å². The Hall–Kier alpha value is -1.28. The van der Waals surface area contributed by atoms with Crippen LogP contribution in [-0.4, -0.2) is 34.5 Å². The normalized spacial score (nSPS) is 11.1. The van der Waals surface area contributed by atoms with Crippen LogP contribution in [0.4, 0.5) is 13.2 Å². The number of carbonyl (C=O) groups is 1. The number of thiocarbonyl (C=S) groups is 1. The van der Waals surface area contributed by atoms with Crippen LogP contribution in [0.2, 0.25) is 0 Å². The smallest absolute Gasteiger partial charge is 0.420 e. The van der Waals surface area contributed by atoms with Crippen LogP contribution in [0, 0.1) is 0 Å². The van der Waals surface area contributed by atoms with E-state index in [1.165, 1.54) is 23.9 Å². The van der Waals surface area contributed by atoms with E-state index in [2.05, 4.69) is 4.74 Å². The molecule has 0 aliphatic heterocycles. The van der Waals surface area contributed by atoms with E-state index in [0.29, 0.717) is 5.75 Å². The second-order valence-electron chi connectivity index (χ2n) is 4.26. The average molecular weight is 351 g/mol. The number of thioether (sulfide) groups is 1. The maximum absolute atomic E-state index is 12.1. The van der Waals surface area contributed by atoms with Crippen molar-refractivity contribution in [3.05, 3.63) is 29.8 Å². The first-order valence-corrected chi connectivity index (χ1v) is 7.97. The molecule has 0 N–H and O–H groups in total.